The van der Waals surface area contributed by atoms with Gasteiger partial charge in [0.25, 0.3) is 0 Å². The van der Waals surface area contributed by atoms with Gasteiger partial charge in [0.1, 0.15) is 5.41 Å². The summed E-state index contributed by atoms with van der Waals surface area (Å²) in [6, 6.07) is -0.0599. The molecule has 1 fully saturated rings. The molecule has 3 rings (SSSR count). The van der Waals surface area contributed by atoms with E-state index in [1.54, 1.807) is 0 Å². The number of aliphatic hydroxyl groups is 2. The van der Waals surface area contributed by atoms with Crippen LogP contribution in [-0.4, -0.2) is 40.2 Å². The maximum atomic E-state index is 13.6. The minimum Gasteiger partial charge on any atom is -0.390 e. The highest BCUT2D eigenvalue weighted by Crippen LogP contribution is 2.55. The van der Waals surface area contributed by atoms with Gasteiger partial charge < -0.3 is 15.5 Å². The topological polar surface area (TPSA) is 86.6 Å². The number of ketones is 1. The van der Waals surface area contributed by atoms with Crippen molar-refractivity contribution in [2.75, 3.05) is 0 Å². The average Bonchev–Trinajstić information content (AvgIpc) is 2.93. The Morgan fingerprint density at radius 3 is 2.55 bits per heavy atom. The Morgan fingerprint density at radius 2 is 1.90 bits per heavy atom. The van der Waals surface area contributed by atoms with Gasteiger partial charge >= 0.3 is 0 Å². The molecule has 1 aliphatic heterocycles. The largest absolute Gasteiger partial charge is 0.390 e. The van der Waals surface area contributed by atoms with Crippen LogP contribution in [0.2, 0.25) is 0 Å². The van der Waals surface area contributed by atoms with E-state index in [4.69, 9.17) is 0 Å². The average molecular weight is 402 g/mol. The van der Waals surface area contributed by atoms with Gasteiger partial charge in [-0.2, -0.15) is 0 Å². The minimum atomic E-state index is -1.20. The Bertz CT molecular complexity index is 765. The summed E-state index contributed by atoms with van der Waals surface area (Å²) in [7, 11) is 0. The molecule has 5 heteroatoms. The lowest BCUT2D eigenvalue weighted by molar-refractivity contribution is -0.142. The van der Waals surface area contributed by atoms with E-state index in [-0.39, 0.29) is 35.5 Å². The van der Waals surface area contributed by atoms with Gasteiger partial charge in [-0.1, -0.05) is 50.1 Å². The quantitative estimate of drug-likeness (QED) is 0.490. The Kier molecular flexibility index (Phi) is 6.21. The third-order valence-corrected chi connectivity index (χ3v) is 7.15. The molecular weight excluding hydrogens is 366 g/mol. The number of rotatable bonds is 2. The molecular formula is C24H35NO4. The van der Waals surface area contributed by atoms with Crippen molar-refractivity contribution in [2.45, 2.75) is 72.1 Å². The Balaban J connectivity index is 2.20. The zero-order chi connectivity index (χ0) is 21.5. The number of allylic oxidation sites excluding steroid dienone is 5. The maximum absolute atomic E-state index is 13.6. The first-order valence-electron chi connectivity index (χ1n) is 10.8. The molecule has 3 aliphatic rings. The van der Waals surface area contributed by atoms with Gasteiger partial charge in [-0.25, -0.2) is 0 Å². The van der Waals surface area contributed by atoms with E-state index in [9.17, 15) is 19.8 Å². The monoisotopic (exact) mass is 401 g/mol. The van der Waals surface area contributed by atoms with Crippen LogP contribution in [0.3, 0.4) is 0 Å². The van der Waals surface area contributed by atoms with E-state index in [2.05, 4.69) is 39.1 Å². The smallest absolute Gasteiger partial charge is 0.235 e. The SMILES string of the molecule is CC1=C[C@@H]2/C=C(/C)CC[C@H](O)[C@@H](O)/C=C\C(=O)[C@]23C(=O)N[C@@H](CC(C)C)[C@@H]3[C@@H]1C. The van der Waals surface area contributed by atoms with Crippen molar-refractivity contribution in [1.29, 1.82) is 0 Å². The molecule has 0 radical (unpaired) electrons. The highest BCUT2D eigenvalue weighted by Gasteiger charge is 2.64. The number of carbonyl (C=O) groups excluding carboxylic acids is 2. The number of hydrogen-bond acceptors (Lipinski definition) is 4. The molecule has 7 atom stereocenters. The minimum absolute atomic E-state index is 0.0599. The molecule has 1 saturated heterocycles. The molecule has 0 unspecified atom stereocenters. The standard InChI is InChI=1S/C24H35NO4/c1-13(2)10-18-22-16(5)15(4)12-17-11-14(3)6-7-19(26)20(27)8-9-21(28)24(17,22)23(29)25-18/h8-9,11-13,16-20,22,26-27H,6-7,10H2,1-5H3,(H,25,29)/b9-8-,14-11-/t16-,17+,18+,19+,20+,22+,24-/m1/s1. The lowest BCUT2D eigenvalue weighted by Gasteiger charge is -2.44. The fraction of sp³-hybridized carbons (Fsp3) is 0.667. The number of nitrogens with one attached hydrogen (secondary N) is 1. The van der Waals surface area contributed by atoms with Crippen LogP contribution in [0.4, 0.5) is 0 Å². The first-order valence-corrected chi connectivity index (χ1v) is 10.8. The molecule has 5 nitrogen and oxygen atoms in total. The van der Waals surface area contributed by atoms with Crippen LogP contribution in [0.25, 0.3) is 0 Å². The normalized spacial score (nSPS) is 43.4. The summed E-state index contributed by atoms with van der Waals surface area (Å²) >= 11 is 0. The molecule has 0 saturated carbocycles. The van der Waals surface area contributed by atoms with Gasteiger partial charge in [0.15, 0.2) is 5.78 Å². The number of carbonyl (C=O) groups is 2. The molecule has 0 aromatic carbocycles. The van der Waals surface area contributed by atoms with Gasteiger partial charge in [-0.15, -0.1) is 0 Å². The Hall–Kier alpha value is -1.72. The summed E-state index contributed by atoms with van der Waals surface area (Å²) in [5.74, 6) is -0.455. The van der Waals surface area contributed by atoms with Crippen molar-refractivity contribution >= 4 is 11.7 Å². The van der Waals surface area contributed by atoms with Gasteiger partial charge in [0.05, 0.1) is 12.2 Å². The lowest BCUT2D eigenvalue weighted by atomic mass is 9.55. The molecule has 29 heavy (non-hydrogen) atoms. The van der Waals surface area contributed by atoms with E-state index in [1.165, 1.54) is 17.7 Å². The van der Waals surface area contributed by atoms with Gasteiger partial charge in [-0.3, -0.25) is 9.59 Å². The molecule has 160 valence electrons. The van der Waals surface area contributed by atoms with Crippen molar-refractivity contribution in [3.05, 3.63) is 35.5 Å². The second-order valence-electron chi connectivity index (χ2n) is 9.66. The van der Waals surface area contributed by atoms with Crippen LogP contribution in [0.5, 0.6) is 0 Å². The highest BCUT2D eigenvalue weighted by molar-refractivity contribution is 6.13. The molecule has 0 bridgehead atoms. The lowest BCUT2D eigenvalue weighted by Crippen LogP contribution is -2.51. The van der Waals surface area contributed by atoms with Crippen LogP contribution in [0.15, 0.2) is 35.5 Å². The van der Waals surface area contributed by atoms with Crippen molar-refractivity contribution in [1.82, 2.24) is 5.32 Å². The predicted molar refractivity (Wildman–Crippen MR) is 113 cm³/mol. The molecule has 0 aromatic rings. The summed E-state index contributed by atoms with van der Waals surface area (Å²) in [6.07, 6.45) is 6.60. The summed E-state index contributed by atoms with van der Waals surface area (Å²) in [6.45, 7) is 10.4. The summed E-state index contributed by atoms with van der Waals surface area (Å²) < 4.78 is 0. The predicted octanol–water partition coefficient (Wildman–Crippen LogP) is 2.93. The van der Waals surface area contributed by atoms with E-state index >= 15 is 0 Å². The van der Waals surface area contributed by atoms with Crippen molar-refractivity contribution in [3.63, 3.8) is 0 Å². The van der Waals surface area contributed by atoms with Crippen molar-refractivity contribution < 1.29 is 19.8 Å². The zero-order valence-electron chi connectivity index (χ0n) is 18.2. The van der Waals surface area contributed by atoms with E-state index in [1.807, 2.05) is 13.0 Å². The highest BCUT2D eigenvalue weighted by atomic mass is 16.3. The summed E-state index contributed by atoms with van der Waals surface area (Å²) in [5.41, 5.74) is 1.02. The Morgan fingerprint density at radius 1 is 1.21 bits per heavy atom. The second kappa shape index (κ2) is 8.19. The second-order valence-corrected chi connectivity index (χ2v) is 9.66. The maximum Gasteiger partial charge on any atom is 0.235 e. The van der Waals surface area contributed by atoms with E-state index < -0.39 is 17.6 Å². The first kappa shape index (κ1) is 22.0. The van der Waals surface area contributed by atoms with Crippen LogP contribution >= 0.6 is 0 Å². The molecule has 2 aliphatic carbocycles. The molecule has 3 N–H and O–H groups in total. The van der Waals surface area contributed by atoms with Gasteiger partial charge in [0, 0.05) is 17.9 Å². The van der Waals surface area contributed by atoms with Crippen LogP contribution in [-0.2, 0) is 9.59 Å². The summed E-state index contributed by atoms with van der Waals surface area (Å²) in [4.78, 5) is 27.1. The molecule has 1 amide bonds. The van der Waals surface area contributed by atoms with Gasteiger partial charge in [-0.05, 0) is 51.0 Å². The number of amides is 1. The van der Waals surface area contributed by atoms with E-state index in [0.29, 0.717) is 18.8 Å². The molecule has 0 aromatic heterocycles. The third-order valence-electron chi connectivity index (χ3n) is 7.15. The van der Waals surface area contributed by atoms with Crippen LogP contribution < -0.4 is 5.32 Å². The fourth-order valence-corrected chi connectivity index (χ4v) is 5.53. The van der Waals surface area contributed by atoms with Crippen molar-refractivity contribution in [2.24, 2.45) is 29.1 Å². The summed E-state index contributed by atoms with van der Waals surface area (Å²) in [5, 5.41) is 23.6. The number of hydrogen-bond donors (Lipinski definition) is 3. The first-order chi connectivity index (χ1) is 13.6. The van der Waals surface area contributed by atoms with Crippen molar-refractivity contribution in [3.8, 4) is 0 Å². The molecule has 1 spiro atoms. The van der Waals surface area contributed by atoms with Gasteiger partial charge in [0.2, 0.25) is 5.91 Å². The van der Waals surface area contributed by atoms with Crippen LogP contribution in [0.1, 0.15) is 53.9 Å². The van der Waals surface area contributed by atoms with Crippen LogP contribution in [0, 0.1) is 29.1 Å². The number of aliphatic hydroxyl groups excluding tert-OH is 2. The fourth-order valence-electron chi connectivity index (χ4n) is 5.53. The van der Waals surface area contributed by atoms with E-state index in [0.717, 1.165) is 12.0 Å². The zero-order valence-corrected chi connectivity index (χ0v) is 18.2. The third kappa shape index (κ3) is 3.75. The molecule has 1 heterocycles. The Labute approximate surface area is 174 Å².